The predicted octanol–water partition coefficient (Wildman–Crippen LogP) is 1.94. The van der Waals surface area contributed by atoms with Crippen molar-refractivity contribution in [3.05, 3.63) is 48.1 Å². The van der Waals surface area contributed by atoms with Crippen molar-refractivity contribution in [3.8, 4) is 0 Å². The van der Waals surface area contributed by atoms with E-state index in [4.69, 9.17) is 0 Å². The highest BCUT2D eigenvalue weighted by molar-refractivity contribution is 5.77. The summed E-state index contributed by atoms with van der Waals surface area (Å²) in [5, 5.41) is 13.5. The Labute approximate surface area is 102 Å². The van der Waals surface area contributed by atoms with E-state index in [-0.39, 0.29) is 11.1 Å². The van der Waals surface area contributed by atoms with Crippen molar-refractivity contribution < 1.29 is 13.9 Å². The first kappa shape index (κ1) is 12.4. The van der Waals surface area contributed by atoms with Crippen molar-refractivity contribution in [2.45, 2.75) is 13.0 Å². The maximum Gasteiger partial charge on any atom is 0.138 e. The molecule has 0 bridgehead atoms. The molecular weight excluding hydrogens is 240 g/mol. The van der Waals surface area contributed by atoms with E-state index in [0.717, 1.165) is 12.1 Å². The van der Waals surface area contributed by atoms with Crippen LogP contribution in [0.3, 0.4) is 0 Å². The minimum atomic E-state index is -0.922. The van der Waals surface area contributed by atoms with Crippen molar-refractivity contribution >= 4 is 11.8 Å². The van der Waals surface area contributed by atoms with E-state index in [2.05, 4.69) is 10.1 Å². The molecule has 1 aromatic heterocycles. The molecule has 2 aromatic rings. The maximum absolute atomic E-state index is 13.7. The van der Waals surface area contributed by atoms with Crippen LogP contribution >= 0.6 is 0 Å². The molecule has 1 N–H and O–H groups in total. The second-order valence-corrected chi connectivity index (χ2v) is 3.76. The van der Waals surface area contributed by atoms with Gasteiger partial charge in [-0.25, -0.2) is 18.4 Å². The summed E-state index contributed by atoms with van der Waals surface area (Å²) in [6, 6.07) is 3.18. The predicted molar refractivity (Wildman–Crippen MR) is 62.2 cm³/mol. The van der Waals surface area contributed by atoms with Crippen molar-refractivity contribution in [2.24, 2.45) is 0 Å². The fourth-order valence-corrected chi connectivity index (χ4v) is 1.55. The zero-order chi connectivity index (χ0) is 13.1. The Morgan fingerprint density at radius 2 is 2.22 bits per heavy atom. The number of nitrogens with zero attached hydrogens (tertiary/aromatic N) is 3. The van der Waals surface area contributed by atoms with Gasteiger partial charge in [0.2, 0.25) is 0 Å². The van der Waals surface area contributed by atoms with Gasteiger partial charge < -0.3 is 5.11 Å². The normalized spacial score (nSPS) is 13.7. The highest BCUT2D eigenvalue weighted by atomic mass is 19.1. The number of halogens is 2. The van der Waals surface area contributed by atoms with Gasteiger partial charge in [-0.2, -0.15) is 5.10 Å². The average molecular weight is 251 g/mol. The molecule has 18 heavy (non-hydrogen) atoms. The third-order valence-electron chi connectivity index (χ3n) is 2.40. The van der Waals surface area contributed by atoms with E-state index in [1.807, 2.05) is 0 Å². The summed E-state index contributed by atoms with van der Waals surface area (Å²) in [6.07, 6.45) is 3.24. The summed E-state index contributed by atoms with van der Waals surface area (Å²) in [7, 11) is 0. The molecule has 0 fully saturated rings. The number of hydrogen-bond donors (Lipinski definition) is 1. The first-order valence-electron chi connectivity index (χ1n) is 5.27. The van der Waals surface area contributed by atoms with E-state index in [0.29, 0.717) is 0 Å². The lowest BCUT2D eigenvalue weighted by Gasteiger charge is -2.11. The molecule has 0 spiro atoms. The minimum Gasteiger partial charge on any atom is -0.389 e. The SMILES string of the molecule is CC(O)/C(=C/n1cncn1)c1ccc(F)cc1F. The molecule has 6 heteroatoms. The van der Waals surface area contributed by atoms with Gasteiger partial charge in [0.15, 0.2) is 0 Å². The minimum absolute atomic E-state index is 0.127. The summed E-state index contributed by atoms with van der Waals surface area (Å²) in [4.78, 5) is 3.74. The summed E-state index contributed by atoms with van der Waals surface area (Å²) in [5.41, 5.74) is 0.417. The molecule has 0 radical (unpaired) electrons. The summed E-state index contributed by atoms with van der Waals surface area (Å²) in [6.45, 7) is 1.49. The molecule has 0 aliphatic rings. The van der Waals surface area contributed by atoms with Crippen LogP contribution in [0, 0.1) is 11.6 Å². The molecule has 2 rings (SSSR count). The Morgan fingerprint density at radius 1 is 1.44 bits per heavy atom. The summed E-state index contributed by atoms with van der Waals surface area (Å²) < 4.78 is 27.8. The van der Waals surface area contributed by atoms with Gasteiger partial charge in [0.1, 0.15) is 24.3 Å². The van der Waals surface area contributed by atoms with Gasteiger partial charge in [0, 0.05) is 23.4 Å². The number of benzene rings is 1. The largest absolute Gasteiger partial charge is 0.389 e. The Balaban J connectivity index is 2.48. The highest BCUT2D eigenvalue weighted by Gasteiger charge is 2.14. The quantitative estimate of drug-likeness (QED) is 0.906. The lowest BCUT2D eigenvalue weighted by Crippen LogP contribution is -2.07. The zero-order valence-electron chi connectivity index (χ0n) is 9.59. The zero-order valence-corrected chi connectivity index (χ0v) is 9.59. The van der Waals surface area contributed by atoms with Gasteiger partial charge >= 0.3 is 0 Å². The van der Waals surface area contributed by atoms with Gasteiger partial charge in [-0.1, -0.05) is 0 Å². The molecule has 4 nitrogen and oxygen atoms in total. The standard InChI is InChI=1S/C12H11F2N3O/c1-8(18)11(5-17-7-15-6-16-17)10-3-2-9(13)4-12(10)14/h2-8,18H,1H3/b11-5-. The summed E-state index contributed by atoms with van der Waals surface area (Å²) >= 11 is 0. The van der Waals surface area contributed by atoms with Crippen LogP contribution in [0.1, 0.15) is 12.5 Å². The van der Waals surface area contributed by atoms with E-state index in [9.17, 15) is 13.9 Å². The molecular formula is C12H11F2N3O. The monoisotopic (exact) mass is 251 g/mol. The van der Waals surface area contributed by atoms with Crippen LogP contribution in [0.5, 0.6) is 0 Å². The van der Waals surface area contributed by atoms with Crippen molar-refractivity contribution in [2.75, 3.05) is 0 Å². The highest BCUT2D eigenvalue weighted by Crippen LogP contribution is 2.23. The van der Waals surface area contributed by atoms with Crippen molar-refractivity contribution in [1.29, 1.82) is 0 Å². The Kier molecular flexibility index (Phi) is 3.47. The Bertz CT molecular complexity index is 565. The smallest absolute Gasteiger partial charge is 0.138 e. The van der Waals surface area contributed by atoms with Crippen LogP contribution in [0.25, 0.3) is 11.8 Å². The van der Waals surface area contributed by atoms with Gasteiger partial charge in [-0.05, 0) is 19.1 Å². The van der Waals surface area contributed by atoms with E-state index >= 15 is 0 Å². The molecule has 1 unspecified atom stereocenters. The van der Waals surface area contributed by atoms with Crippen LogP contribution < -0.4 is 0 Å². The molecule has 1 aromatic carbocycles. The van der Waals surface area contributed by atoms with Gasteiger partial charge in [-0.3, -0.25) is 0 Å². The lowest BCUT2D eigenvalue weighted by atomic mass is 10.0. The van der Waals surface area contributed by atoms with E-state index in [1.54, 1.807) is 0 Å². The molecule has 0 saturated carbocycles. The van der Waals surface area contributed by atoms with Gasteiger partial charge in [-0.15, -0.1) is 0 Å². The fraction of sp³-hybridized carbons (Fsp3) is 0.167. The number of rotatable bonds is 3. The molecule has 94 valence electrons. The van der Waals surface area contributed by atoms with Gasteiger partial charge in [0.25, 0.3) is 0 Å². The lowest BCUT2D eigenvalue weighted by molar-refractivity contribution is 0.253. The number of aromatic nitrogens is 3. The van der Waals surface area contributed by atoms with Gasteiger partial charge in [0.05, 0.1) is 6.10 Å². The molecule has 0 aliphatic heterocycles. The Hall–Kier alpha value is -2.08. The van der Waals surface area contributed by atoms with Crippen molar-refractivity contribution in [3.63, 3.8) is 0 Å². The summed E-state index contributed by atoms with van der Waals surface area (Å²) in [5.74, 6) is -1.40. The van der Waals surface area contributed by atoms with Crippen LogP contribution in [0.2, 0.25) is 0 Å². The molecule has 0 aliphatic carbocycles. The first-order chi connectivity index (χ1) is 8.58. The van der Waals surface area contributed by atoms with Crippen LogP contribution in [0.4, 0.5) is 8.78 Å². The fourth-order valence-electron chi connectivity index (χ4n) is 1.55. The Morgan fingerprint density at radius 3 is 2.78 bits per heavy atom. The average Bonchev–Trinajstić information content (AvgIpc) is 2.79. The first-order valence-corrected chi connectivity index (χ1v) is 5.27. The maximum atomic E-state index is 13.7. The number of hydrogen-bond acceptors (Lipinski definition) is 3. The van der Waals surface area contributed by atoms with Crippen LogP contribution in [0.15, 0.2) is 30.9 Å². The third-order valence-corrected chi connectivity index (χ3v) is 2.40. The van der Waals surface area contributed by atoms with E-state index in [1.165, 1.54) is 36.5 Å². The van der Waals surface area contributed by atoms with Crippen LogP contribution in [-0.2, 0) is 0 Å². The molecule has 1 heterocycles. The topological polar surface area (TPSA) is 50.9 Å². The number of aliphatic hydroxyl groups is 1. The molecule has 1 atom stereocenters. The second kappa shape index (κ2) is 5.05. The van der Waals surface area contributed by atoms with Crippen LogP contribution in [-0.4, -0.2) is 26.0 Å². The number of aliphatic hydroxyl groups excluding tert-OH is 1. The van der Waals surface area contributed by atoms with E-state index < -0.39 is 17.7 Å². The third kappa shape index (κ3) is 2.60. The van der Waals surface area contributed by atoms with Crippen molar-refractivity contribution in [1.82, 2.24) is 14.8 Å². The molecule has 0 saturated heterocycles. The second-order valence-electron chi connectivity index (χ2n) is 3.76. The molecule has 0 amide bonds.